The Kier molecular flexibility index (Phi) is 7.55. The van der Waals surface area contributed by atoms with Crippen molar-refractivity contribution in [3.8, 4) is 0 Å². The molecule has 0 aliphatic carbocycles. The fraction of sp³-hybridized carbons (Fsp3) is 0.350. The molecule has 1 N–H and O–H groups in total. The largest absolute Gasteiger partial charge is 0.452 e. The standard InChI is InChI=1S/C20H23N3O6S2/c1-14-3-5-17(31(26,27)23-7-9-28-10-8-23)11-18(14)22-19(24)12-29-20(25)6-4-16-13-30-15(2)21-16/h3-6,11,13H,7-10,12H2,1-2H3,(H,22,24)/b6-4+. The van der Waals surface area contributed by atoms with Crippen molar-refractivity contribution >= 4 is 45.0 Å². The minimum absolute atomic E-state index is 0.0776. The second-order valence-corrected chi connectivity index (χ2v) is 9.77. The van der Waals surface area contributed by atoms with Gasteiger partial charge in [-0.1, -0.05) is 6.07 Å². The fourth-order valence-electron chi connectivity index (χ4n) is 2.81. The number of anilines is 1. The molecule has 166 valence electrons. The van der Waals surface area contributed by atoms with Crippen LogP contribution in [0, 0.1) is 13.8 Å². The maximum Gasteiger partial charge on any atom is 0.331 e. The Bertz CT molecular complexity index is 1090. The average Bonchev–Trinajstić information content (AvgIpc) is 3.18. The second-order valence-electron chi connectivity index (χ2n) is 6.77. The normalized spacial score (nSPS) is 15.2. The van der Waals surface area contributed by atoms with Crippen molar-refractivity contribution in [2.24, 2.45) is 0 Å². The number of aromatic nitrogens is 1. The summed E-state index contributed by atoms with van der Waals surface area (Å²) in [5.74, 6) is -1.25. The highest BCUT2D eigenvalue weighted by Gasteiger charge is 2.26. The first-order valence-electron chi connectivity index (χ1n) is 9.51. The van der Waals surface area contributed by atoms with Crippen LogP contribution in [-0.4, -0.2) is 62.5 Å². The van der Waals surface area contributed by atoms with Crippen LogP contribution in [0.2, 0.25) is 0 Å². The highest BCUT2D eigenvalue weighted by molar-refractivity contribution is 7.89. The number of aryl methyl sites for hydroxylation is 2. The molecule has 31 heavy (non-hydrogen) atoms. The fourth-order valence-corrected chi connectivity index (χ4v) is 4.83. The first-order chi connectivity index (χ1) is 14.8. The van der Waals surface area contributed by atoms with E-state index in [1.54, 1.807) is 18.4 Å². The molecule has 1 aliphatic heterocycles. The number of hydrogen-bond donors (Lipinski definition) is 1. The van der Waals surface area contributed by atoms with Gasteiger partial charge in [0, 0.05) is 30.2 Å². The van der Waals surface area contributed by atoms with E-state index in [-0.39, 0.29) is 18.0 Å². The monoisotopic (exact) mass is 465 g/mol. The molecular formula is C20H23N3O6S2. The predicted molar refractivity (Wildman–Crippen MR) is 116 cm³/mol. The van der Waals surface area contributed by atoms with Gasteiger partial charge in [-0.3, -0.25) is 4.79 Å². The number of nitrogens with zero attached hydrogens (tertiary/aromatic N) is 2. The minimum atomic E-state index is -3.69. The molecule has 0 atom stereocenters. The van der Waals surface area contributed by atoms with Crippen LogP contribution in [0.5, 0.6) is 0 Å². The van der Waals surface area contributed by atoms with Gasteiger partial charge >= 0.3 is 5.97 Å². The zero-order valence-corrected chi connectivity index (χ0v) is 18.8. The number of hydrogen-bond acceptors (Lipinski definition) is 8. The van der Waals surface area contributed by atoms with E-state index < -0.39 is 28.5 Å². The van der Waals surface area contributed by atoms with Crippen LogP contribution in [-0.2, 0) is 29.1 Å². The summed E-state index contributed by atoms with van der Waals surface area (Å²) >= 11 is 1.46. The molecule has 1 amide bonds. The van der Waals surface area contributed by atoms with E-state index in [4.69, 9.17) is 9.47 Å². The van der Waals surface area contributed by atoms with Gasteiger partial charge in [0.1, 0.15) is 0 Å². The zero-order valence-electron chi connectivity index (χ0n) is 17.2. The molecule has 3 rings (SSSR count). The zero-order chi connectivity index (χ0) is 22.4. The van der Waals surface area contributed by atoms with E-state index in [0.717, 1.165) is 5.01 Å². The van der Waals surface area contributed by atoms with Crippen LogP contribution in [0.25, 0.3) is 6.08 Å². The number of carbonyl (C=O) groups excluding carboxylic acids is 2. The lowest BCUT2D eigenvalue weighted by molar-refractivity contribution is -0.142. The third-order valence-electron chi connectivity index (χ3n) is 4.46. The number of thiazole rings is 1. The molecule has 0 radical (unpaired) electrons. The Balaban J connectivity index is 1.60. The summed E-state index contributed by atoms with van der Waals surface area (Å²) in [6.45, 7) is 4.34. The Morgan fingerprint density at radius 3 is 2.71 bits per heavy atom. The van der Waals surface area contributed by atoms with Crippen molar-refractivity contribution < 1.29 is 27.5 Å². The molecule has 9 nitrogen and oxygen atoms in total. The first-order valence-corrected chi connectivity index (χ1v) is 11.8. The van der Waals surface area contributed by atoms with Crippen LogP contribution in [0.3, 0.4) is 0 Å². The molecule has 1 fully saturated rings. The summed E-state index contributed by atoms with van der Waals surface area (Å²) in [5.41, 5.74) is 1.65. The summed E-state index contributed by atoms with van der Waals surface area (Å²) in [4.78, 5) is 28.3. The van der Waals surface area contributed by atoms with E-state index in [0.29, 0.717) is 30.2 Å². The number of nitrogens with one attached hydrogen (secondary N) is 1. The van der Waals surface area contributed by atoms with E-state index in [9.17, 15) is 18.0 Å². The lowest BCUT2D eigenvalue weighted by atomic mass is 10.2. The number of esters is 1. The van der Waals surface area contributed by atoms with Crippen LogP contribution in [0.1, 0.15) is 16.3 Å². The van der Waals surface area contributed by atoms with Crippen molar-refractivity contribution in [2.75, 3.05) is 38.2 Å². The van der Waals surface area contributed by atoms with Gasteiger partial charge in [-0.15, -0.1) is 11.3 Å². The predicted octanol–water partition coefficient (Wildman–Crippen LogP) is 1.98. The van der Waals surface area contributed by atoms with Gasteiger partial charge in [0.25, 0.3) is 5.91 Å². The van der Waals surface area contributed by atoms with Crippen molar-refractivity contribution in [3.63, 3.8) is 0 Å². The van der Waals surface area contributed by atoms with Gasteiger partial charge in [-0.2, -0.15) is 4.31 Å². The van der Waals surface area contributed by atoms with E-state index in [1.165, 1.54) is 39.9 Å². The molecule has 11 heteroatoms. The molecule has 0 spiro atoms. The van der Waals surface area contributed by atoms with Gasteiger partial charge in [0.05, 0.1) is 28.8 Å². The number of sulfonamides is 1. The SMILES string of the molecule is Cc1nc(/C=C/C(=O)OCC(=O)Nc2cc(S(=O)(=O)N3CCOCC3)ccc2C)cs1. The number of morpholine rings is 1. The number of rotatable bonds is 7. The van der Waals surface area contributed by atoms with Crippen LogP contribution in [0.15, 0.2) is 34.6 Å². The molecular weight excluding hydrogens is 442 g/mol. The summed E-state index contributed by atoms with van der Waals surface area (Å²) < 4.78 is 37.1. The molecule has 2 aromatic rings. The molecule has 1 saturated heterocycles. The lowest BCUT2D eigenvalue weighted by Gasteiger charge is -2.26. The minimum Gasteiger partial charge on any atom is -0.452 e. The molecule has 1 aliphatic rings. The average molecular weight is 466 g/mol. The second kappa shape index (κ2) is 10.1. The molecule has 1 aromatic carbocycles. The summed E-state index contributed by atoms with van der Waals surface area (Å²) in [5, 5.41) is 5.27. The van der Waals surface area contributed by atoms with E-state index in [1.807, 2.05) is 6.92 Å². The van der Waals surface area contributed by atoms with Gasteiger partial charge in [0.2, 0.25) is 10.0 Å². The summed E-state index contributed by atoms with van der Waals surface area (Å²) in [6.07, 6.45) is 2.70. The molecule has 0 bridgehead atoms. The van der Waals surface area contributed by atoms with Crippen molar-refractivity contribution in [2.45, 2.75) is 18.7 Å². The molecule has 0 unspecified atom stereocenters. The maximum atomic E-state index is 12.8. The number of amides is 1. The van der Waals surface area contributed by atoms with Crippen molar-refractivity contribution in [1.29, 1.82) is 0 Å². The topological polar surface area (TPSA) is 115 Å². The third kappa shape index (κ3) is 6.20. The number of benzene rings is 1. The first kappa shape index (κ1) is 23.1. The van der Waals surface area contributed by atoms with Crippen molar-refractivity contribution in [3.05, 3.63) is 45.9 Å². The Labute approximate surface area is 184 Å². The third-order valence-corrected chi connectivity index (χ3v) is 7.15. The number of carbonyl (C=O) groups is 2. The Morgan fingerprint density at radius 2 is 2.03 bits per heavy atom. The van der Waals surface area contributed by atoms with Crippen LogP contribution < -0.4 is 5.32 Å². The lowest BCUT2D eigenvalue weighted by Crippen LogP contribution is -2.40. The van der Waals surface area contributed by atoms with Crippen molar-refractivity contribution in [1.82, 2.24) is 9.29 Å². The highest BCUT2D eigenvalue weighted by Crippen LogP contribution is 2.23. The number of ether oxygens (including phenoxy) is 2. The highest BCUT2D eigenvalue weighted by atomic mass is 32.2. The van der Waals surface area contributed by atoms with E-state index >= 15 is 0 Å². The van der Waals surface area contributed by atoms with Gasteiger partial charge in [0.15, 0.2) is 6.61 Å². The maximum absolute atomic E-state index is 12.8. The Hall–Kier alpha value is -2.60. The quantitative estimate of drug-likeness (QED) is 0.491. The molecule has 2 heterocycles. The summed E-state index contributed by atoms with van der Waals surface area (Å²) in [7, 11) is -3.69. The summed E-state index contributed by atoms with van der Waals surface area (Å²) in [6, 6.07) is 4.53. The Morgan fingerprint density at radius 1 is 1.29 bits per heavy atom. The van der Waals surface area contributed by atoms with E-state index in [2.05, 4.69) is 10.3 Å². The van der Waals surface area contributed by atoms with Crippen LogP contribution >= 0.6 is 11.3 Å². The van der Waals surface area contributed by atoms with Gasteiger partial charge in [-0.05, 0) is 37.6 Å². The van der Waals surface area contributed by atoms with Gasteiger partial charge in [-0.25, -0.2) is 18.2 Å². The molecule has 1 aromatic heterocycles. The molecule has 0 saturated carbocycles. The van der Waals surface area contributed by atoms with Crippen LogP contribution in [0.4, 0.5) is 5.69 Å². The smallest absolute Gasteiger partial charge is 0.331 e. The van der Waals surface area contributed by atoms with Gasteiger partial charge < -0.3 is 14.8 Å².